The Hall–Kier alpha value is -3.36. The topological polar surface area (TPSA) is 190 Å². The summed E-state index contributed by atoms with van der Waals surface area (Å²) in [6.45, 7) is 2.00. The summed E-state index contributed by atoms with van der Waals surface area (Å²) in [6, 6.07) is 2.74. The van der Waals surface area contributed by atoms with E-state index in [0.717, 1.165) is 0 Å². The van der Waals surface area contributed by atoms with Gasteiger partial charge in [-0.05, 0) is 13.0 Å². The van der Waals surface area contributed by atoms with Crippen LogP contribution < -0.4 is 11.1 Å². The third-order valence-electron chi connectivity index (χ3n) is 3.37. The Morgan fingerprint density at radius 1 is 1.30 bits per heavy atom. The molecular formula is C13H13N5O8S. The van der Waals surface area contributed by atoms with Crippen LogP contribution in [0.1, 0.15) is 6.92 Å². The number of fused-ring (bicyclic) bond motifs is 1. The Morgan fingerprint density at radius 2 is 1.93 bits per heavy atom. The molecule has 0 amide bonds. The molecule has 2 aromatic heterocycles. The fourth-order valence-corrected chi connectivity index (χ4v) is 2.37. The van der Waals surface area contributed by atoms with Crippen molar-refractivity contribution in [1.29, 1.82) is 0 Å². The zero-order valence-electron chi connectivity index (χ0n) is 13.6. The van der Waals surface area contributed by atoms with Crippen LogP contribution in [0.2, 0.25) is 0 Å². The maximum atomic E-state index is 11.9. The number of H-pyrrole nitrogens is 1. The predicted molar refractivity (Wildman–Crippen MR) is 92.5 cm³/mol. The van der Waals surface area contributed by atoms with E-state index >= 15 is 0 Å². The fraction of sp³-hybridized carbons (Fsp3) is 0.154. The fourth-order valence-electron chi connectivity index (χ4n) is 2.37. The van der Waals surface area contributed by atoms with E-state index in [1.54, 1.807) is 13.1 Å². The van der Waals surface area contributed by atoms with Crippen LogP contribution in [0.5, 0.6) is 0 Å². The molecule has 1 aromatic carbocycles. The van der Waals surface area contributed by atoms with Crippen LogP contribution in [0, 0.1) is 10.1 Å². The van der Waals surface area contributed by atoms with Gasteiger partial charge in [-0.1, -0.05) is 0 Å². The van der Waals surface area contributed by atoms with E-state index in [1.807, 2.05) is 0 Å². The maximum Gasteiger partial charge on any atom is 0.394 e. The molecule has 3 N–H and O–H groups in total. The number of hydrogen-bond acceptors (Lipinski definition) is 7. The Kier molecular flexibility index (Phi) is 5.53. The molecule has 0 saturated carbocycles. The highest BCUT2D eigenvalue weighted by atomic mass is 32.3. The second-order valence-electron chi connectivity index (χ2n) is 5.04. The molecule has 3 rings (SSSR count). The van der Waals surface area contributed by atoms with Gasteiger partial charge in [-0.3, -0.25) is 28.8 Å². The van der Waals surface area contributed by atoms with Crippen LogP contribution in [0.15, 0.2) is 40.4 Å². The van der Waals surface area contributed by atoms with E-state index in [4.69, 9.17) is 17.5 Å². The molecule has 0 unspecified atom stereocenters. The van der Waals surface area contributed by atoms with E-state index in [-0.39, 0.29) is 23.4 Å². The molecule has 144 valence electrons. The standard InChI is InChI=1S/C13H11N5O4.H2O4S/c1-2-17-9-6-10(16-4-3-14-7-16)11(18(21)22)5-8(9)15-12(19)13(17)20;1-5(2,3)4/h3-7H,2H2,1H3,(H,15,19);(H2,1,2,3,4). The molecular weight excluding hydrogens is 386 g/mol. The van der Waals surface area contributed by atoms with Crippen molar-refractivity contribution >= 4 is 27.1 Å². The van der Waals surface area contributed by atoms with Crippen molar-refractivity contribution in [3.63, 3.8) is 0 Å². The normalized spacial score (nSPS) is 11.1. The molecule has 0 fully saturated rings. The minimum Gasteiger partial charge on any atom is -0.316 e. The van der Waals surface area contributed by atoms with E-state index in [1.165, 1.54) is 33.8 Å². The summed E-state index contributed by atoms with van der Waals surface area (Å²) in [6.07, 6.45) is 4.48. The van der Waals surface area contributed by atoms with E-state index in [9.17, 15) is 19.7 Å². The van der Waals surface area contributed by atoms with E-state index < -0.39 is 26.4 Å². The third kappa shape index (κ3) is 4.63. The van der Waals surface area contributed by atoms with Gasteiger partial charge in [0.25, 0.3) is 5.69 Å². The van der Waals surface area contributed by atoms with Gasteiger partial charge in [0.05, 0.1) is 22.3 Å². The number of hydrogen-bond donors (Lipinski definition) is 3. The molecule has 0 radical (unpaired) electrons. The Bertz CT molecular complexity index is 1200. The first-order chi connectivity index (χ1) is 12.5. The monoisotopic (exact) mass is 399 g/mol. The lowest BCUT2D eigenvalue weighted by Crippen LogP contribution is -2.36. The minimum absolute atomic E-state index is 0.192. The van der Waals surface area contributed by atoms with Gasteiger partial charge in [0.1, 0.15) is 5.69 Å². The molecule has 0 saturated heterocycles. The summed E-state index contributed by atoms with van der Waals surface area (Å²) in [7, 11) is -4.67. The second-order valence-corrected chi connectivity index (χ2v) is 5.93. The van der Waals surface area contributed by atoms with Gasteiger partial charge in [0, 0.05) is 25.0 Å². The summed E-state index contributed by atoms with van der Waals surface area (Å²) >= 11 is 0. The Morgan fingerprint density at radius 3 is 2.41 bits per heavy atom. The lowest BCUT2D eigenvalue weighted by atomic mass is 10.2. The lowest BCUT2D eigenvalue weighted by molar-refractivity contribution is -0.384. The minimum atomic E-state index is -4.67. The van der Waals surface area contributed by atoms with Gasteiger partial charge >= 0.3 is 21.5 Å². The number of rotatable bonds is 3. The van der Waals surface area contributed by atoms with Crippen LogP contribution in [-0.2, 0) is 16.9 Å². The van der Waals surface area contributed by atoms with Crippen molar-refractivity contribution in [3.8, 4) is 5.69 Å². The largest absolute Gasteiger partial charge is 0.394 e. The first kappa shape index (κ1) is 20.0. The van der Waals surface area contributed by atoms with Crippen LogP contribution in [0.4, 0.5) is 5.69 Å². The molecule has 0 spiro atoms. The molecule has 13 nitrogen and oxygen atoms in total. The van der Waals surface area contributed by atoms with Crippen LogP contribution in [0.3, 0.4) is 0 Å². The molecule has 0 atom stereocenters. The number of benzene rings is 1. The van der Waals surface area contributed by atoms with Crippen LogP contribution in [0.25, 0.3) is 16.7 Å². The SMILES string of the molecule is CCn1c(=O)c(=O)[nH]c2cc([N+](=O)[O-])c(-n3ccnc3)cc21.O=S(=O)(O)O. The Labute approximate surface area is 150 Å². The van der Waals surface area contributed by atoms with Gasteiger partial charge < -0.3 is 14.1 Å². The smallest absolute Gasteiger partial charge is 0.316 e. The molecule has 0 aliphatic rings. The molecule has 2 heterocycles. The lowest BCUT2D eigenvalue weighted by Gasteiger charge is -2.10. The average molecular weight is 399 g/mol. The number of aromatic amines is 1. The summed E-state index contributed by atoms with van der Waals surface area (Å²) in [4.78, 5) is 40.5. The molecule has 27 heavy (non-hydrogen) atoms. The van der Waals surface area contributed by atoms with Crippen LogP contribution >= 0.6 is 0 Å². The van der Waals surface area contributed by atoms with Crippen LogP contribution in [-0.4, -0.2) is 41.5 Å². The third-order valence-corrected chi connectivity index (χ3v) is 3.37. The summed E-state index contributed by atoms with van der Waals surface area (Å²) in [5.74, 6) is 0. The maximum absolute atomic E-state index is 11.9. The number of aromatic nitrogens is 4. The summed E-state index contributed by atoms with van der Waals surface area (Å²) < 4.78 is 34.3. The highest BCUT2D eigenvalue weighted by molar-refractivity contribution is 7.79. The predicted octanol–water partition coefficient (Wildman–Crippen LogP) is 0.151. The van der Waals surface area contributed by atoms with Crippen molar-refractivity contribution in [2.24, 2.45) is 0 Å². The molecule has 0 aliphatic heterocycles. The van der Waals surface area contributed by atoms with Gasteiger partial charge in [0.15, 0.2) is 0 Å². The van der Waals surface area contributed by atoms with Crippen molar-refractivity contribution < 1.29 is 22.4 Å². The van der Waals surface area contributed by atoms with Gasteiger partial charge in [-0.25, -0.2) is 4.98 Å². The average Bonchev–Trinajstić information content (AvgIpc) is 3.08. The first-order valence-corrected chi connectivity index (χ1v) is 8.56. The second kappa shape index (κ2) is 7.48. The van der Waals surface area contributed by atoms with Crippen molar-refractivity contribution in [3.05, 3.63) is 61.7 Å². The highest BCUT2D eigenvalue weighted by Crippen LogP contribution is 2.27. The Balaban J connectivity index is 0.000000465. The zero-order valence-corrected chi connectivity index (χ0v) is 14.5. The number of nitro benzene ring substituents is 1. The van der Waals surface area contributed by atoms with Gasteiger partial charge in [-0.2, -0.15) is 8.42 Å². The molecule has 3 aromatic rings. The van der Waals surface area contributed by atoms with E-state index in [0.29, 0.717) is 5.52 Å². The number of nitro groups is 1. The van der Waals surface area contributed by atoms with Crippen molar-refractivity contribution in [2.75, 3.05) is 0 Å². The van der Waals surface area contributed by atoms with Crippen molar-refractivity contribution in [2.45, 2.75) is 13.5 Å². The summed E-state index contributed by atoms with van der Waals surface area (Å²) in [5, 5.41) is 11.3. The number of aryl methyl sites for hydroxylation is 1. The van der Waals surface area contributed by atoms with Gasteiger partial charge in [0.2, 0.25) is 0 Å². The number of nitrogens with one attached hydrogen (secondary N) is 1. The van der Waals surface area contributed by atoms with Crippen molar-refractivity contribution in [1.82, 2.24) is 19.1 Å². The van der Waals surface area contributed by atoms with Gasteiger partial charge in [-0.15, -0.1) is 0 Å². The highest BCUT2D eigenvalue weighted by Gasteiger charge is 2.19. The number of imidazole rings is 1. The quantitative estimate of drug-likeness (QED) is 0.238. The molecule has 14 heteroatoms. The molecule has 0 bridgehead atoms. The molecule has 0 aliphatic carbocycles. The summed E-state index contributed by atoms with van der Waals surface area (Å²) in [5.41, 5.74) is -0.769. The first-order valence-electron chi connectivity index (χ1n) is 7.16. The van der Waals surface area contributed by atoms with E-state index in [2.05, 4.69) is 9.97 Å². The number of nitrogens with zero attached hydrogens (tertiary/aromatic N) is 4. The zero-order chi connectivity index (χ0) is 20.4.